The number of rotatable bonds is 3. The van der Waals surface area contributed by atoms with Crippen molar-refractivity contribution >= 4 is 5.95 Å². The number of nitrogens with one attached hydrogen (secondary N) is 2. The van der Waals surface area contributed by atoms with Crippen molar-refractivity contribution in [2.45, 2.75) is 31.9 Å². The maximum atomic E-state index is 5.56. The first-order valence-electron chi connectivity index (χ1n) is 6.33. The van der Waals surface area contributed by atoms with Gasteiger partial charge in [-0.25, -0.2) is 9.97 Å². The monoisotopic (exact) mass is 234 g/mol. The molecule has 3 rings (SSSR count). The van der Waals surface area contributed by atoms with Gasteiger partial charge in [-0.3, -0.25) is 0 Å². The molecule has 1 aromatic heterocycles. The van der Waals surface area contributed by atoms with Crippen LogP contribution in [-0.2, 0) is 17.7 Å². The number of anilines is 1. The van der Waals surface area contributed by atoms with E-state index in [0.29, 0.717) is 6.10 Å². The van der Waals surface area contributed by atoms with Crippen LogP contribution in [0.3, 0.4) is 0 Å². The minimum absolute atomic E-state index is 0.327. The number of nitrogens with zero attached hydrogens (tertiary/aromatic N) is 2. The molecule has 5 nitrogen and oxygen atoms in total. The van der Waals surface area contributed by atoms with E-state index in [1.54, 1.807) is 0 Å². The van der Waals surface area contributed by atoms with E-state index in [-0.39, 0.29) is 0 Å². The molecule has 0 aromatic carbocycles. The molecule has 0 aliphatic carbocycles. The Kier molecular flexibility index (Phi) is 3.20. The summed E-state index contributed by atoms with van der Waals surface area (Å²) in [6.07, 6.45) is 5.61. The van der Waals surface area contributed by atoms with Crippen LogP contribution in [-0.4, -0.2) is 35.8 Å². The van der Waals surface area contributed by atoms with Crippen LogP contribution in [0.5, 0.6) is 0 Å². The fourth-order valence-corrected chi connectivity index (χ4v) is 2.33. The van der Waals surface area contributed by atoms with Gasteiger partial charge in [0.25, 0.3) is 0 Å². The largest absolute Gasteiger partial charge is 0.376 e. The zero-order chi connectivity index (χ0) is 11.5. The highest BCUT2D eigenvalue weighted by molar-refractivity contribution is 5.31. The van der Waals surface area contributed by atoms with E-state index in [1.165, 1.54) is 12.0 Å². The molecule has 3 heterocycles. The second-order valence-electron chi connectivity index (χ2n) is 4.61. The van der Waals surface area contributed by atoms with Gasteiger partial charge in [0.1, 0.15) is 0 Å². The quantitative estimate of drug-likeness (QED) is 0.806. The molecule has 1 atom stereocenters. The lowest BCUT2D eigenvalue weighted by Gasteiger charge is -2.17. The maximum Gasteiger partial charge on any atom is 0.223 e. The van der Waals surface area contributed by atoms with Gasteiger partial charge in [-0.1, -0.05) is 0 Å². The van der Waals surface area contributed by atoms with Gasteiger partial charge < -0.3 is 15.4 Å². The predicted octanol–water partition coefficient (Wildman–Crippen LogP) is 0.713. The molecule has 17 heavy (non-hydrogen) atoms. The average Bonchev–Trinajstić information content (AvgIpc) is 2.89. The predicted molar refractivity (Wildman–Crippen MR) is 64.9 cm³/mol. The molecule has 2 aliphatic heterocycles. The van der Waals surface area contributed by atoms with Crippen LogP contribution in [0.1, 0.15) is 24.1 Å². The Hall–Kier alpha value is -1.20. The van der Waals surface area contributed by atoms with Crippen LogP contribution in [0.2, 0.25) is 0 Å². The Morgan fingerprint density at radius 2 is 2.53 bits per heavy atom. The highest BCUT2D eigenvalue weighted by Gasteiger charge is 2.16. The van der Waals surface area contributed by atoms with Crippen molar-refractivity contribution in [2.75, 3.05) is 25.0 Å². The van der Waals surface area contributed by atoms with E-state index >= 15 is 0 Å². The summed E-state index contributed by atoms with van der Waals surface area (Å²) >= 11 is 0. The van der Waals surface area contributed by atoms with E-state index in [4.69, 9.17) is 4.74 Å². The van der Waals surface area contributed by atoms with Gasteiger partial charge in [-0.05, 0) is 31.4 Å². The molecule has 5 heteroatoms. The lowest BCUT2D eigenvalue weighted by molar-refractivity contribution is 0.120. The summed E-state index contributed by atoms with van der Waals surface area (Å²) in [5.74, 6) is 0.725. The molecule has 1 saturated heterocycles. The Morgan fingerprint density at radius 1 is 1.53 bits per heavy atom. The Labute approximate surface area is 101 Å². The van der Waals surface area contributed by atoms with Gasteiger partial charge >= 0.3 is 0 Å². The molecular formula is C12H18N4O. The molecule has 1 fully saturated rings. The summed E-state index contributed by atoms with van der Waals surface area (Å²) < 4.78 is 5.56. The fourth-order valence-electron chi connectivity index (χ4n) is 2.33. The molecule has 0 amide bonds. The van der Waals surface area contributed by atoms with Crippen molar-refractivity contribution in [2.24, 2.45) is 0 Å². The molecule has 0 bridgehead atoms. The number of aromatic nitrogens is 2. The highest BCUT2D eigenvalue weighted by atomic mass is 16.5. The Balaban J connectivity index is 1.62. The Morgan fingerprint density at radius 3 is 3.41 bits per heavy atom. The van der Waals surface area contributed by atoms with Crippen molar-refractivity contribution in [3.8, 4) is 0 Å². The van der Waals surface area contributed by atoms with E-state index in [1.807, 2.05) is 6.20 Å². The van der Waals surface area contributed by atoms with Crippen molar-refractivity contribution in [1.29, 1.82) is 0 Å². The van der Waals surface area contributed by atoms with Crippen LogP contribution in [0, 0.1) is 0 Å². The third-order valence-electron chi connectivity index (χ3n) is 3.33. The highest BCUT2D eigenvalue weighted by Crippen LogP contribution is 2.14. The van der Waals surface area contributed by atoms with Gasteiger partial charge in [-0.2, -0.15) is 0 Å². The van der Waals surface area contributed by atoms with Crippen LogP contribution in [0.15, 0.2) is 6.20 Å². The molecule has 0 spiro atoms. The van der Waals surface area contributed by atoms with Crippen molar-refractivity contribution in [3.63, 3.8) is 0 Å². The molecule has 2 N–H and O–H groups in total. The average molecular weight is 234 g/mol. The van der Waals surface area contributed by atoms with Gasteiger partial charge in [0.15, 0.2) is 0 Å². The van der Waals surface area contributed by atoms with Crippen molar-refractivity contribution < 1.29 is 4.74 Å². The number of hydrogen-bond donors (Lipinski definition) is 2. The van der Waals surface area contributed by atoms with E-state index in [2.05, 4.69) is 20.6 Å². The van der Waals surface area contributed by atoms with Crippen LogP contribution in [0.25, 0.3) is 0 Å². The van der Waals surface area contributed by atoms with Crippen LogP contribution in [0.4, 0.5) is 5.95 Å². The summed E-state index contributed by atoms with van der Waals surface area (Å²) in [5.41, 5.74) is 2.40. The van der Waals surface area contributed by atoms with E-state index < -0.39 is 0 Å². The molecule has 2 aliphatic rings. The first-order valence-corrected chi connectivity index (χ1v) is 6.33. The number of hydrogen-bond acceptors (Lipinski definition) is 5. The van der Waals surface area contributed by atoms with Gasteiger partial charge in [-0.15, -0.1) is 0 Å². The third kappa shape index (κ3) is 2.56. The molecule has 1 aromatic rings. The lowest BCUT2D eigenvalue weighted by Crippen LogP contribution is -2.26. The zero-order valence-electron chi connectivity index (χ0n) is 9.91. The summed E-state index contributed by atoms with van der Waals surface area (Å²) in [6.45, 7) is 3.58. The third-order valence-corrected chi connectivity index (χ3v) is 3.33. The van der Waals surface area contributed by atoms with E-state index in [9.17, 15) is 0 Å². The van der Waals surface area contributed by atoms with E-state index in [0.717, 1.165) is 50.7 Å². The number of ether oxygens (including phenoxy) is 1. The SMILES string of the molecule is c1nc(NCC2CCCO2)nc2c1CCNC2. The van der Waals surface area contributed by atoms with Crippen LogP contribution >= 0.6 is 0 Å². The normalized spacial score (nSPS) is 23.4. The second kappa shape index (κ2) is 4.98. The standard InChI is InChI=1S/C12H18N4O/c1-2-10(17-5-1)7-15-12-14-6-9-3-4-13-8-11(9)16-12/h6,10,13H,1-5,7-8H2,(H,14,15,16). The smallest absolute Gasteiger partial charge is 0.223 e. The topological polar surface area (TPSA) is 59.1 Å². The fraction of sp³-hybridized carbons (Fsp3) is 0.667. The number of fused-ring (bicyclic) bond motifs is 1. The molecule has 0 radical (unpaired) electrons. The van der Waals surface area contributed by atoms with Gasteiger partial charge in [0.05, 0.1) is 11.8 Å². The Bertz CT molecular complexity index is 390. The summed E-state index contributed by atoms with van der Waals surface area (Å²) in [6, 6.07) is 0. The minimum atomic E-state index is 0.327. The molecular weight excluding hydrogens is 216 g/mol. The maximum absolute atomic E-state index is 5.56. The second-order valence-corrected chi connectivity index (χ2v) is 4.61. The summed E-state index contributed by atoms with van der Waals surface area (Å²) in [4.78, 5) is 8.88. The first-order chi connectivity index (χ1) is 8.42. The molecule has 1 unspecified atom stereocenters. The minimum Gasteiger partial charge on any atom is -0.376 e. The van der Waals surface area contributed by atoms with Gasteiger partial charge in [0, 0.05) is 25.9 Å². The van der Waals surface area contributed by atoms with Crippen LogP contribution < -0.4 is 10.6 Å². The van der Waals surface area contributed by atoms with Crippen molar-refractivity contribution in [1.82, 2.24) is 15.3 Å². The first kappa shape index (κ1) is 10.9. The van der Waals surface area contributed by atoms with Crippen molar-refractivity contribution in [3.05, 3.63) is 17.5 Å². The molecule has 92 valence electrons. The van der Waals surface area contributed by atoms with Gasteiger partial charge in [0.2, 0.25) is 5.95 Å². The summed E-state index contributed by atoms with van der Waals surface area (Å²) in [5, 5.41) is 6.58. The zero-order valence-corrected chi connectivity index (χ0v) is 9.91. The molecule has 0 saturated carbocycles. The lowest BCUT2D eigenvalue weighted by atomic mass is 10.1. The summed E-state index contributed by atoms with van der Waals surface area (Å²) in [7, 11) is 0.